The van der Waals surface area contributed by atoms with E-state index in [1.165, 1.54) is 12.8 Å². The molecule has 1 atom stereocenters. The first-order valence-electron chi connectivity index (χ1n) is 4.09. The third-order valence-corrected chi connectivity index (χ3v) is 2.38. The van der Waals surface area contributed by atoms with Crippen LogP contribution in [0.15, 0.2) is 0 Å². The zero-order valence-electron chi connectivity index (χ0n) is 6.30. The van der Waals surface area contributed by atoms with Crippen LogP contribution in [-0.2, 0) is 9.59 Å². The van der Waals surface area contributed by atoms with Gasteiger partial charge in [-0.2, -0.15) is 0 Å². The first-order valence-corrected chi connectivity index (χ1v) is 4.09. The van der Waals surface area contributed by atoms with Crippen LogP contribution < -0.4 is 5.32 Å². The molecule has 0 spiro atoms. The maximum absolute atomic E-state index is 11.0. The lowest BCUT2D eigenvalue weighted by molar-refractivity contribution is -0.125. The third kappa shape index (κ3) is 1.42. The van der Waals surface area contributed by atoms with Crippen LogP contribution in [0.3, 0.4) is 0 Å². The van der Waals surface area contributed by atoms with Gasteiger partial charge in [-0.25, -0.2) is 0 Å². The molecule has 2 rings (SSSR count). The van der Waals surface area contributed by atoms with E-state index < -0.39 is 0 Å². The Morgan fingerprint density at radius 2 is 2.09 bits per heavy atom. The van der Waals surface area contributed by atoms with E-state index in [0.29, 0.717) is 6.42 Å². The first kappa shape index (κ1) is 6.83. The standard InChI is InChI=1S/C8H11NO2/c10-7-4-6(8(11)9-7)3-5-1-2-5/h5-6H,1-4H2,(H,9,10,11). The van der Waals surface area contributed by atoms with Crippen molar-refractivity contribution in [3.63, 3.8) is 0 Å². The van der Waals surface area contributed by atoms with Crippen LogP contribution in [0.25, 0.3) is 0 Å². The molecule has 1 unspecified atom stereocenters. The largest absolute Gasteiger partial charge is 0.296 e. The van der Waals surface area contributed by atoms with Gasteiger partial charge in [0.05, 0.1) is 0 Å². The number of amides is 2. The highest BCUT2D eigenvalue weighted by Gasteiger charge is 2.35. The van der Waals surface area contributed by atoms with E-state index in [1.807, 2.05) is 0 Å². The van der Waals surface area contributed by atoms with E-state index in [1.54, 1.807) is 0 Å². The molecule has 1 N–H and O–H groups in total. The lowest BCUT2D eigenvalue weighted by Crippen LogP contribution is -2.22. The minimum absolute atomic E-state index is 0.00463. The van der Waals surface area contributed by atoms with Crippen LogP contribution in [0, 0.1) is 11.8 Å². The lowest BCUT2D eigenvalue weighted by atomic mass is 10.0. The fourth-order valence-electron chi connectivity index (χ4n) is 1.55. The van der Waals surface area contributed by atoms with Gasteiger partial charge < -0.3 is 0 Å². The molecule has 1 saturated heterocycles. The molecule has 0 aromatic heterocycles. The summed E-state index contributed by atoms with van der Waals surface area (Å²) in [6, 6.07) is 0. The molecule has 3 heteroatoms. The average molecular weight is 153 g/mol. The van der Waals surface area contributed by atoms with Crippen molar-refractivity contribution in [2.75, 3.05) is 0 Å². The summed E-state index contributed by atoms with van der Waals surface area (Å²) in [6.07, 6.45) is 3.85. The van der Waals surface area contributed by atoms with E-state index in [9.17, 15) is 9.59 Å². The van der Waals surface area contributed by atoms with Gasteiger partial charge in [-0.15, -0.1) is 0 Å². The number of carbonyl (C=O) groups excluding carboxylic acids is 2. The zero-order valence-corrected chi connectivity index (χ0v) is 6.30. The highest BCUT2D eigenvalue weighted by molar-refractivity contribution is 6.03. The summed E-state index contributed by atoms with van der Waals surface area (Å²) >= 11 is 0. The lowest BCUT2D eigenvalue weighted by Gasteiger charge is -2.01. The van der Waals surface area contributed by atoms with Gasteiger partial charge in [0.1, 0.15) is 0 Å². The predicted octanol–water partition coefficient (Wildman–Crippen LogP) is 0.449. The quantitative estimate of drug-likeness (QED) is 0.585. The number of nitrogens with one attached hydrogen (secondary N) is 1. The molecule has 3 nitrogen and oxygen atoms in total. The number of rotatable bonds is 2. The van der Waals surface area contributed by atoms with Gasteiger partial charge in [-0.3, -0.25) is 14.9 Å². The summed E-state index contributed by atoms with van der Waals surface area (Å²) in [5.74, 6) is 0.578. The highest BCUT2D eigenvalue weighted by atomic mass is 16.2. The predicted molar refractivity (Wildman–Crippen MR) is 38.6 cm³/mol. The maximum Gasteiger partial charge on any atom is 0.230 e. The van der Waals surface area contributed by atoms with E-state index in [-0.39, 0.29) is 17.7 Å². The Labute approximate surface area is 65.2 Å². The second-order valence-electron chi connectivity index (χ2n) is 3.49. The molecule has 60 valence electrons. The Bertz CT molecular complexity index is 208. The maximum atomic E-state index is 11.0. The Hall–Kier alpha value is -0.860. The Balaban J connectivity index is 1.91. The molecule has 0 bridgehead atoms. The fraction of sp³-hybridized carbons (Fsp3) is 0.750. The minimum Gasteiger partial charge on any atom is -0.296 e. The number of imide groups is 1. The molecule has 2 aliphatic rings. The third-order valence-electron chi connectivity index (χ3n) is 2.38. The summed E-state index contributed by atoms with van der Waals surface area (Å²) in [4.78, 5) is 21.7. The van der Waals surface area contributed by atoms with Gasteiger partial charge in [0.15, 0.2) is 0 Å². The Morgan fingerprint density at radius 3 is 2.55 bits per heavy atom. The van der Waals surface area contributed by atoms with E-state index in [4.69, 9.17) is 0 Å². The average Bonchev–Trinajstić information content (AvgIpc) is 2.64. The summed E-state index contributed by atoms with van der Waals surface area (Å²) in [6.45, 7) is 0. The van der Waals surface area contributed by atoms with Gasteiger partial charge in [-0.1, -0.05) is 12.8 Å². The first-order chi connectivity index (χ1) is 5.25. The molecule has 0 aromatic rings. The van der Waals surface area contributed by atoms with Crippen molar-refractivity contribution < 1.29 is 9.59 Å². The van der Waals surface area contributed by atoms with Crippen LogP contribution in [0.2, 0.25) is 0 Å². The second kappa shape index (κ2) is 2.32. The monoisotopic (exact) mass is 153 g/mol. The fourth-order valence-corrected chi connectivity index (χ4v) is 1.55. The zero-order chi connectivity index (χ0) is 7.84. The van der Waals surface area contributed by atoms with Crippen LogP contribution in [-0.4, -0.2) is 11.8 Å². The molecular weight excluding hydrogens is 142 g/mol. The molecule has 0 radical (unpaired) electrons. The van der Waals surface area contributed by atoms with Gasteiger partial charge in [0, 0.05) is 12.3 Å². The molecule has 1 heterocycles. The van der Waals surface area contributed by atoms with E-state index >= 15 is 0 Å². The SMILES string of the molecule is O=C1CC(CC2CC2)C(=O)N1. The van der Waals surface area contributed by atoms with Gasteiger partial charge in [0.25, 0.3) is 0 Å². The molecule has 0 aromatic carbocycles. The second-order valence-corrected chi connectivity index (χ2v) is 3.49. The molecule has 2 amide bonds. The summed E-state index contributed by atoms with van der Waals surface area (Å²) in [7, 11) is 0. The topological polar surface area (TPSA) is 46.2 Å². The van der Waals surface area contributed by atoms with Crippen LogP contribution in [0.1, 0.15) is 25.7 Å². The summed E-state index contributed by atoms with van der Waals surface area (Å²) in [5.41, 5.74) is 0. The summed E-state index contributed by atoms with van der Waals surface area (Å²) in [5, 5.41) is 2.32. The van der Waals surface area contributed by atoms with Crippen LogP contribution >= 0.6 is 0 Å². The van der Waals surface area contributed by atoms with Crippen molar-refractivity contribution in [3.8, 4) is 0 Å². The van der Waals surface area contributed by atoms with E-state index in [0.717, 1.165) is 12.3 Å². The molecule has 1 aliphatic carbocycles. The Kier molecular flexibility index (Phi) is 1.44. The highest BCUT2D eigenvalue weighted by Crippen LogP contribution is 2.37. The molecule has 11 heavy (non-hydrogen) atoms. The van der Waals surface area contributed by atoms with Gasteiger partial charge in [-0.05, 0) is 12.3 Å². The van der Waals surface area contributed by atoms with Gasteiger partial charge in [0.2, 0.25) is 11.8 Å². The molecule has 1 saturated carbocycles. The normalized spacial score (nSPS) is 30.7. The molecular formula is C8H11NO2. The number of hydrogen-bond acceptors (Lipinski definition) is 2. The molecule has 1 aliphatic heterocycles. The molecule has 2 fully saturated rings. The van der Waals surface area contributed by atoms with Crippen LogP contribution in [0.5, 0.6) is 0 Å². The minimum atomic E-state index is -0.0966. The van der Waals surface area contributed by atoms with Crippen molar-refractivity contribution in [1.29, 1.82) is 0 Å². The smallest absolute Gasteiger partial charge is 0.230 e. The van der Waals surface area contributed by atoms with Crippen molar-refractivity contribution in [3.05, 3.63) is 0 Å². The van der Waals surface area contributed by atoms with Crippen molar-refractivity contribution >= 4 is 11.8 Å². The number of carbonyl (C=O) groups is 2. The van der Waals surface area contributed by atoms with Crippen molar-refractivity contribution in [2.24, 2.45) is 11.8 Å². The van der Waals surface area contributed by atoms with E-state index in [2.05, 4.69) is 5.32 Å². The van der Waals surface area contributed by atoms with Gasteiger partial charge >= 0.3 is 0 Å². The van der Waals surface area contributed by atoms with Crippen molar-refractivity contribution in [2.45, 2.75) is 25.7 Å². The van der Waals surface area contributed by atoms with Crippen molar-refractivity contribution in [1.82, 2.24) is 5.32 Å². The number of hydrogen-bond donors (Lipinski definition) is 1. The Morgan fingerprint density at radius 1 is 1.36 bits per heavy atom. The van der Waals surface area contributed by atoms with Crippen LogP contribution in [0.4, 0.5) is 0 Å². The summed E-state index contributed by atoms with van der Waals surface area (Å²) < 4.78 is 0.